The zero-order valence-electron chi connectivity index (χ0n) is 9.04. The average molecular weight is 220 g/mol. The van der Waals surface area contributed by atoms with E-state index in [0.717, 1.165) is 0 Å². The minimum atomic E-state index is -0.442. The molecule has 6 heteroatoms. The van der Waals surface area contributed by atoms with E-state index >= 15 is 0 Å². The van der Waals surface area contributed by atoms with Gasteiger partial charge in [-0.1, -0.05) is 0 Å². The van der Waals surface area contributed by atoms with Crippen LogP contribution < -0.4 is 5.73 Å². The molecule has 0 bridgehead atoms. The lowest BCUT2D eigenvalue weighted by molar-refractivity contribution is 0.0380. The highest BCUT2D eigenvalue weighted by molar-refractivity contribution is 5.95. The van der Waals surface area contributed by atoms with E-state index in [1.165, 1.54) is 10.7 Å². The minimum Gasteiger partial charge on any atom is -0.459 e. The van der Waals surface area contributed by atoms with Gasteiger partial charge < -0.3 is 10.5 Å². The summed E-state index contributed by atoms with van der Waals surface area (Å²) in [6.07, 6.45) is 2.89. The Kier molecular flexibility index (Phi) is 2.47. The van der Waals surface area contributed by atoms with Crippen LogP contribution in [-0.4, -0.2) is 26.7 Å². The first-order valence-corrected chi connectivity index (χ1v) is 4.89. The smallest absolute Gasteiger partial charge is 0.343 e. The predicted molar refractivity (Wildman–Crippen MR) is 58.0 cm³/mol. The number of fused-ring (bicyclic) bond motifs is 1. The highest BCUT2D eigenvalue weighted by atomic mass is 16.5. The molecular weight excluding hydrogens is 208 g/mol. The van der Waals surface area contributed by atoms with Crippen molar-refractivity contribution >= 4 is 17.4 Å². The van der Waals surface area contributed by atoms with Gasteiger partial charge in [-0.25, -0.2) is 14.3 Å². The van der Waals surface area contributed by atoms with Gasteiger partial charge >= 0.3 is 5.97 Å². The maximum atomic E-state index is 11.7. The van der Waals surface area contributed by atoms with E-state index in [1.807, 2.05) is 0 Å². The molecule has 0 saturated heterocycles. The number of nitrogen functional groups attached to an aromatic ring is 1. The van der Waals surface area contributed by atoms with Crippen molar-refractivity contribution < 1.29 is 9.53 Å². The van der Waals surface area contributed by atoms with Crippen molar-refractivity contribution in [3.8, 4) is 0 Å². The number of carbonyl (C=O) groups excluding carboxylic acids is 1. The first-order valence-electron chi connectivity index (χ1n) is 4.89. The third-order valence-corrected chi connectivity index (χ3v) is 1.95. The van der Waals surface area contributed by atoms with E-state index in [4.69, 9.17) is 10.5 Å². The Hall–Kier alpha value is -2.11. The number of nitrogens with two attached hydrogens (primary N) is 1. The largest absolute Gasteiger partial charge is 0.459 e. The fourth-order valence-electron chi connectivity index (χ4n) is 1.30. The second-order valence-electron chi connectivity index (χ2n) is 3.63. The van der Waals surface area contributed by atoms with Crippen LogP contribution in [0.5, 0.6) is 0 Å². The SMILES string of the molecule is CC(C)OC(=O)c1cnn2ccc(N)nc12. The molecule has 0 atom stereocenters. The van der Waals surface area contributed by atoms with E-state index in [9.17, 15) is 4.79 Å². The molecule has 6 nitrogen and oxygen atoms in total. The first-order chi connectivity index (χ1) is 7.58. The Labute approximate surface area is 92.0 Å². The van der Waals surface area contributed by atoms with Crippen LogP contribution in [0.4, 0.5) is 5.82 Å². The van der Waals surface area contributed by atoms with Crippen molar-refractivity contribution in [1.29, 1.82) is 0 Å². The molecule has 0 spiro atoms. The maximum absolute atomic E-state index is 11.7. The molecular formula is C10H12N4O2. The van der Waals surface area contributed by atoms with Crippen LogP contribution in [0.1, 0.15) is 24.2 Å². The molecule has 0 aliphatic rings. The summed E-state index contributed by atoms with van der Waals surface area (Å²) < 4.78 is 6.55. The number of rotatable bonds is 2. The predicted octanol–water partition coefficient (Wildman–Crippen LogP) is 0.877. The number of anilines is 1. The molecule has 0 amide bonds. The van der Waals surface area contributed by atoms with Crippen LogP contribution in [0.2, 0.25) is 0 Å². The topological polar surface area (TPSA) is 82.5 Å². The Bertz CT molecular complexity index is 533. The molecule has 2 aromatic rings. The number of carbonyl (C=O) groups is 1. The van der Waals surface area contributed by atoms with Crippen molar-refractivity contribution in [2.45, 2.75) is 20.0 Å². The van der Waals surface area contributed by atoms with Gasteiger partial charge in [0.25, 0.3) is 0 Å². The number of hydrogen-bond acceptors (Lipinski definition) is 5. The zero-order valence-corrected chi connectivity index (χ0v) is 9.04. The standard InChI is InChI=1S/C10H12N4O2/c1-6(2)16-10(15)7-5-12-14-4-3-8(11)13-9(7)14/h3-6H,1-2H3,(H2,11,13). The molecule has 2 aromatic heterocycles. The van der Waals surface area contributed by atoms with Crippen LogP contribution in [0.3, 0.4) is 0 Å². The molecule has 0 unspecified atom stereocenters. The van der Waals surface area contributed by atoms with Gasteiger partial charge in [0.1, 0.15) is 11.4 Å². The molecule has 2 rings (SSSR count). The minimum absolute atomic E-state index is 0.177. The number of esters is 1. The fourth-order valence-corrected chi connectivity index (χ4v) is 1.30. The molecule has 84 valence electrons. The summed E-state index contributed by atoms with van der Waals surface area (Å²) >= 11 is 0. The summed E-state index contributed by atoms with van der Waals surface area (Å²) in [5.41, 5.74) is 6.28. The molecule has 0 aromatic carbocycles. The summed E-state index contributed by atoms with van der Waals surface area (Å²) in [6.45, 7) is 3.57. The summed E-state index contributed by atoms with van der Waals surface area (Å²) in [5, 5.41) is 3.99. The second kappa shape index (κ2) is 3.80. The molecule has 2 heterocycles. The fraction of sp³-hybridized carbons (Fsp3) is 0.300. The van der Waals surface area contributed by atoms with Crippen molar-refractivity contribution in [2.24, 2.45) is 0 Å². The van der Waals surface area contributed by atoms with Crippen molar-refractivity contribution in [3.05, 3.63) is 24.0 Å². The van der Waals surface area contributed by atoms with Crippen molar-refractivity contribution in [3.63, 3.8) is 0 Å². The molecule has 0 saturated carbocycles. The molecule has 0 aliphatic heterocycles. The molecule has 0 fully saturated rings. The van der Waals surface area contributed by atoms with Gasteiger partial charge in [0.2, 0.25) is 0 Å². The van der Waals surface area contributed by atoms with Gasteiger partial charge in [0.15, 0.2) is 5.65 Å². The summed E-state index contributed by atoms with van der Waals surface area (Å²) in [5.74, 6) is -0.102. The van der Waals surface area contributed by atoms with E-state index in [2.05, 4.69) is 10.1 Å². The van der Waals surface area contributed by atoms with Crippen molar-refractivity contribution in [2.75, 3.05) is 5.73 Å². The molecule has 0 aliphatic carbocycles. The Balaban J connectivity index is 2.44. The van der Waals surface area contributed by atoms with Gasteiger partial charge in [0, 0.05) is 6.20 Å². The Morgan fingerprint density at radius 2 is 2.31 bits per heavy atom. The van der Waals surface area contributed by atoms with Crippen molar-refractivity contribution in [1.82, 2.24) is 14.6 Å². The zero-order chi connectivity index (χ0) is 11.7. The van der Waals surface area contributed by atoms with E-state index in [0.29, 0.717) is 17.0 Å². The van der Waals surface area contributed by atoms with Crippen LogP contribution >= 0.6 is 0 Å². The quantitative estimate of drug-likeness (QED) is 0.759. The Morgan fingerprint density at radius 3 is 3.00 bits per heavy atom. The second-order valence-corrected chi connectivity index (χ2v) is 3.63. The van der Waals surface area contributed by atoms with E-state index in [-0.39, 0.29) is 6.10 Å². The normalized spacial score (nSPS) is 10.9. The molecule has 2 N–H and O–H groups in total. The highest BCUT2D eigenvalue weighted by Crippen LogP contribution is 2.11. The lowest BCUT2D eigenvalue weighted by Gasteiger charge is -2.05. The first kappa shape index (κ1) is 10.4. The van der Waals surface area contributed by atoms with Crippen LogP contribution in [0.25, 0.3) is 5.65 Å². The monoisotopic (exact) mass is 220 g/mol. The number of aromatic nitrogens is 3. The van der Waals surface area contributed by atoms with Gasteiger partial charge in [-0.15, -0.1) is 0 Å². The number of nitrogens with zero attached hydrogens (tertiary/aromatic N) is 3. The Morgan fingerprint density at radius 1 is 1.56 bits per heavy atom. The third-order valence-electron chi connectivity index (χ3n) is 1.95. The van der Waals surface area contributed by atoms with Gasteiger partial charge in [-0.3, -0.25) is 0 Å². The van der Waals surface area contributed by atoms with Gasteiger partial charge in [-0.05, 0) is 19.9 Å². The number of ether oxygens (including phenoxy) is 1. The average Bonchev–Trinajstić information content (AvgIpc) is 2.59. The summed E-state index contributed by atoms with van der Waals surface area (Å²) in [4.78, 5) is 15.7. The summed E-state index contributed by atoms with van der Waals surface area (Å²) in [7, 11) is 0. The van der Waals surface area contributed by atoms with Crippen LogP contribution in [-0.2, 0) is 4.74 Å². The highest BCUT2D eigenvalue weighted by Gasteiger charge is 2.16. The lowest BCUT2D eigenvalue weighted by atomic mass is 10.3. The van der Waals surface area contributed by atoms with Gasteiger partial charge in [0.05, 0.1) is 12.3 Å². The maximum Gasteiger partial charge on any atom is 0.343 e. The van der Waals surface area contributed by atoms with E-state index < -0.39 is 5.97 Å². The number of hydrogen-bond donors (Lipinski definition) is 1. The molecule has 0 radical (unpaired) electrons. The van der Waals surface area contributed by atoms with Gasteiger partial charge in [-0.2, -0.15) is 5.10 Å². The lowest BCUT2D eigenvalue weighted by Crippen LogP contribution is -2.11. The third kappa shape index (κ3) is 1.81. The van der Waals surface area contributed by atoms with Crippen LogP contribution in [0, 0.1) is 0 Å². The summed E-state index contributed by atoms with van der Waals surface area (Å²) in [6, 6.07) is 1.61. The van der Waals surface area contributed by atoms with E-state index in [1.54, 1.807) is 26.1 Å². The molecule has 16 heavy (non-hydrogen) atoms. The van der Waals surface area contributed by atoms with Crippen LogP contribution in [0.15, 0.2) is 18.5 Å².